The molecule has 3 unspecified atom stereocenters. The standard InChI is InChI=1S/C20H26N2O2.ClH/c1-14-6-9-18(24-14)10-11-20(23)22-19(13-21)17-8-7-15-4-2-3-5-16(15)12-17;/h2-5,7-8,12,14,18-19H,6,9-11,13,21H2,1H3,(H,22,23);1H. The van der Waals surface area contributed by atoms with E-state index in [0.717, 1.165) is 30.2 Å². The molecule has 1 aliphatic rings. The van der Waals surface area contributed by atoms with E-state index in [1.54, 1.807) is 0 Å². The lowest BCUT2D eigenvalue weighted by atomic mass is 10.0. The fourth-order valence-electron chi connectivity index (χ4n) is 3.36. The molecule has 3 atom stereocenters. The number of ether oxygens (including phenoxy) is 1. The minimum absolute atomic E-state index is 0. The summed E-state index contributed by atoms with van der Waals surface area (Å²) in [5.41, 5.74) is 6.95. The molecule has 0 aliphatic carbocycles. The Bertz CT molecular complexity index is 707. The van der Waals surface area contributed by atoms with Crippen LogP contribution >= 0.6 is 12.4 Å². The van der Waals surface area contributed by atoms with Crippen LogP contribution < -0.4 is 11.1 Å². The van der Waals surface area contributed by atoms with Gasteiger partial charge >= 0.3 is 0 Å². The normalized spacial score (nSPS) is 20.9. The highest BCUT2D eigenvalue weighted by atomic mass is 35.5. The Morgan fingerprint density at radius 2 is 2.00 bits per heavy atom. The van der Waals surface area contributed by atoms with Gasteiger partial charge in [0, 0.05) is 13.0 Å². The van der Waals surface area contributed by atoms with Crippen LogP contribution in [0, 0.1) is 0 Å². The zero-order valence-corrected chi connectivity index (χ0v) is 15.4. The molecule has 0 saturated carbocycles. The summed E-state index contributed by atoms with van der Waals surface area (Å²) in [6.45, 7) is 2.48. The Balaban J connectivity index is 0.00000225. The lowest BCUT2D eigenvalue weighted by Gasteiger charge is -2.19. The summed E-state index contributed by atoms with van der Waals surface area (Å²) in [6.07, 6.45) is 3.97. The Labute approximate surface area is 155 Å². The zero-order valence-electron chi connectivity index (χ0n) is 14.6. The molecule has 2 aromatic rings. The van der Waals surface area contributed by atoms with Crippen LogP contribution in [-0.4, -0.2) is 24.7 Å². The quantitative estimate of drug-likeness (QED) is 0.823. The second-order valence-electron chi connectivity index (χ2n) is 6.65. The van der Waals surface area contributed by atoms with Crippen LogP contribution in [0.5, 0.6) is 0 Å². The van der Waals surface area contributed by atoms with Gasteiger partial charge in [-0.05, 0) is 48.6 Å². The molecular formula is C20H27ClN2O2. The van der Waals surface area contributed by atoms with Crippen molar-refractivity contribution < 1.29 is 9.53 Å². The van der Waals surface area contributed by atoms with Gasteiger partial charge in [0.05, 0.1) is 18.2 Å². The van der Waals surface area contributed by atoms with Gasteiger partial charge in [0.25, 0.3) is 0 Å². The Kier molecular flexibility index (Phi) is 7.24. The van der Waals surface area contributed by atoms with Gasteiger partial charge < -0.3 is 15.8 Å². The molecule has 3 rings (SSSR count). The van der Waals surface area contributed by atoms with Crippen molar-refractivity contribution in [1.29, 1.82) is 0 Å². The number of amides is 1. The molecule has 136 valence electrons. The number of carbonyl (C=O) groups excluding carboxylic acids is 1. The molecule has 0 bridgehead atoms. The molecule has 1 heterocycles. The van der Waals surface area contributed by atoms with Crippen LogP contribution in [0.2, 0.25) is 0 Å². The predicted molar refractivity (Wildman–Crippen MR) is 104 cm³/mol. The molecule has 0 spiro atoms. The van der Waals surface area contributed by atoms with E-state index in [0.29, 0.717) is 19.1 Å². The Hall–Kier alpha value is -1.62. The Morgan fingerprint density at radius 3 is 2.68 bits per heavy atom. The van der Waals surface area contributed by atoms with Crippen molar-refractivity contribution >= 4 is 29.1 Å². The lowest BCUT2D eigenvalue weighted by Crippen LogP contribution is -2.33. The van der Waals surface area contributed by atoms with Crippen LogP contribution in [0.25, 0.3) is 10.8 Å². The summed E-state index contributed by atoms with van der Waals surface area (Å²) >= 11 is 0. The first-order chi connectivity index (χ1) is 11.7. The third-order valence-corrected chi connectivity index (χ3v) is 4.76. The summed E-state index contributed by atoms with van der Waals surface area (Å²) in [6, 6.07) is 14.3. The minimum atomic E-state index is -0.148. The molecule has 1 amide bonds. The molecule has 1 aliphatic heterocycles. The van der Waals surface area contributed by atoms with Crippen molar-refractivity contribution in [2.24, 2.45) is 5.73 Å². The highest BCUT2D eigenvalue weighted by Gasteiger charge is 2.22. The number of nitrogens with one attached hydrogen (secondary N) is 1. The van der Waals surface area contributed by atoms with Crippen molar-refractivity contribution in [1.82, 2.24) is 5.32 Å². The highest BCUT2D eigenvalue weighted by molar-refractivity contribution is 5.85. The highest BCUT2D eigenvalue weighted by Crippen LogP contribution is 2.23. The van der Waals surface area contributed by atoms with E-state index in [1.165, 1.54) is 5.39 Å². The van der Waals surface area contributed by atoms with Gasteiger partial charge in [0.2, 0.25) is 5.91 Å². The molecular weight excluding hydrogens is 336 g/mol. The number of rotatable bonds is 6. The fourth-order valence-corrected chi connectivity index (χ4v) is 3.36. The molecule has 1 fully saturated rings. The van der Waals surface area contributed by atoms with Crippen LogP contribution in [0.1, 0.15) is 44.2 Å². The second-order valence-corrected chi connectivity index (χ2v) is 6.65. The molecule has 25 heavy (non-hydrogen) atoms. The van der Waals surface area contributed by atoms with Crippen LogP contribution in [0.4, 0.5) is 0 Å². The SMILES string of the molecule is CC1CCC(CCC(=O)NC(CN)c2ccc3ccccc3c2)O1.Cl. The van der Waals surface area contributed by atoms with Crippen molar-refractivity contribution in [2.45, 2.75) is 50.9 Å². The average molecular weight is 363 g/mol. The van der Waals surface area contributed by atoms with Crippen LogP contribution in [0.15, 0.2) is 42.5 Å². The van der Waals surface area contributed by atoms with Crippen LogP contribution in [-0.2, 0) is 9.53 Å². The van der Waals surface area contributed by atoms with Crippen molar-refractivity contribution in [3.05, 3.63) is 48.0 Å². The lowest BCUT2D eigenvalue weighted by molar-refractivity contribution is -0.122. The first kappa shape index (κ1) is 19.7. The third-order valence-electron chi connectivity index (χ3n) is 4.76. The molecule has 0 aromatic heterocycles. The van der Waals surface area contributed by atoms with E-state index >= 15 is 0 Å². The summed E-state index contributed by atoms with van der Waals surface area (Å²) in [4.78, 5) is 12.3. The van der Waals surface area contributed by atoms with E-state index in [-0.39, 0.29) is 30.5 Å². The second kappa shape index (κ2) is 9.18. The topological polar surface area (TPSA) is 64.4 Å². The van der Waals surface area contributed by atoms with E-state index in [2.05, 4.69) is 36.5 Å². The van der Waals surface area contributed by atoms with Gasteiger partial charge in [-0.3, -0.25) is 4.79 Å². The van der Waals surface area contributed by atoms with Crippen molar-refractivity contribution in [2.75, 3.05) is 6.54 Å². The van der Waals surface area contributed by atoms with Crippen molar-refractivity contribution in [3.8, 4) is 0 Å². The van der Waals surface area contributed by atoms with Gasteiger partial charge in [-0.1, -0.05) is 36.4 Å². The van der Waals surface area contributed by atoms with Gasteiger partial charge in [-0.15, -0.1) is 12.4 Å². The third kappa shape index (κ3) is 5.18. The number of hydrogen-bond acceptors (Lipinski definition) is 3. The maximum atomic E-state index is 12.3. The van der Waals surface area contributed by atoms with Crippen LogP contribution in [0.3, 0.4) is 0 Å². The summed E-state index contributed by atoms with van der Waals surface area (Å²) in [5, 5.41) is 5.42. The molecule has 1 saturated heterocycles. The fraction of sp³-hybridized carbons (Fsp3) is 0.450. The summed E-state index contributed by atoms with van der Waals surface area (Å²) in [7, 11) is 0. The van der Waals surface area contributed by atoms with E-state index < -0.39 is 0 Å². The average Bonchev–Trinajstić information content (AvgIpc) is 3.03. The van der Waals surface area contributed by atoms with E-state index in [1.807, 2.05) is 18.2 Å². The monoisotopic (exact) mass is 362 g/mol. The van der Waals surface area contributed by atoms with Gasteiger partial charge in [-0.25, -0.2) is 0 Å². The summed E-state index contributed by atoms with van der Waals surface area (Å²) < 4.78 is 5.77. The minimum Gasteiger partial charge on any atom is -0.375 e. The number of carbonyl (C=O) groups is 1. The number of fused-ring (bicyclic) bond motifs is 1. The van der Waals surface area contributed by atoms with Gasteiger partial charge in [0.1, 0.15) is 0 Å². The number of hydrogen-bond donors (Lipinski definition) is 2. The molecule has 2 aromatic carbocycles. The molecule has 3 N–H and O–H groups in total. The first-order valence-corrected chi connectivity index (χ1v) is 8.79. The Morgan fingerprint density at radius 1 is 1.24 bits per heavy atom. The molecule has 5 heteroatoms. The molecule has 4 nitrogen and oxygen atoms in total. The number of halogens is 1. The maximum Gasteiger partial charge on any atom is 0.220 e. The number of benzene rings is 2. The van der Waals surface area contributed by atoms with Gasteiger partial charge in [-0.2, -0.15) is 0 Å². The largest absolute Gasteiger partial charge is 0.375 e. The smallest absolute Gasteiger partial charge is 0.220 e. The maximum absolute atomic E-state index is 12.3. The van der Waals surface area contributed by atoms with E-state index in [4.69, 9.17) is 10.5 Å². The first-order valence-electron chi connectivity index (χ1n) is 8.79. The number of nitrogens with two attached hydrogens (primary N) is 1. The molecule has 0 radical (unpaired) electrons. The predicted octanol–water partition coefficient (Wildman–Crippen LogP) is 3.73. The van der Waals surface area contributed by atoms with Gasteiger partial charge in [0.15, 0.2) is 0 Å². The van der Waals surface area contributed by atoms with E-state index in [9.17, 15) is 4.79 Å². The van der Waals surface area contributed by atoms with Crippen molar-refractivity contribution in [3.63, 3.8) is 0 Å². The summed E-state index contributed by atoms with van der Waals surface area (Å²) in [5.74, 6) is 0.0433. The zero-order chi connectivity index (χ0) is 16.9.